The normalized spacial score (nSPS) is 11.0. The van der Waals surface area contributed by atoms with Gasteiger partial charge in [-0.25, -0.2) is 8.42 Å². The van der Waals surface area contributed by atoms with E-state index in [0.717, 1.165) is 4.31 Å². The van der Waals surface area contributed by atoms with Crippen LogP contribution < -0.4 is 4.31 Å². The Morgan fingerprint density at radius 2 is 1.52 bits per heavy atom. The number of nitrogens with zero attached hydrogens (tertiary/aromatic N) is 1. The van der Waals surface area contributed by atoms with Gasteiger partial charge < -0.3 is 0 Å². The highest BCUT2D eigenvalue weighted by molar-refractivity contribution is 7.93. The quantitative estimate of drug-likeness (QED) is 0.606. The van der Waals surface area contributed by atoms with Crippen molar-refractivity contribution >= 4 is 27.4 Å². The lowest BCUT2D eigenvalue weighted by Crippen LogP contribution is -2.37. The number of hydrogen-bond donors (Lipinski definition) is 0. The number of Topliss-reactive ketones (excluding diaryl/α,β-unsaturated/α-hetero) is 1. The first-order valence-corrected chi connectivity index (χ1v) is 9.02. The maximum absolute atomic E-state index is 13.1. The minimum absolute atomic E-state index is 0.0419. The molecule has 0 aliphatic carbocycles. The van der Waals surface area contributed by atoms with Gasteiger partial charge in [-0.2, -0.15) is 4.31 Å². The predicted octanol–water partition coefficient (Wildman–Crippen LogP) is 3.50. The zero-order valence-electron chi connectivity index (χ0n) is 14.3. The van der Waals surface area contributed by atoms with Gasteiger partial charge in [0, 0.05) is 11.1 Å². The Hall–Kier alpha value is -2.73. The fourth-order valence-corrected chi connectivity index (χ4v) is 4.01. The van der Waals surface area contributed by atoms with E-state index in [-0.39, 0.29) is 21.9 Å². The molecule has 0 aromatic heterocycles. The van der Waals surface area contributed by atoms with Crippen LogP contribution in [0, 0.1) is 6.92 Å². The predicted molar refractivity (Wildman–Crippen MR) is 97.1 cm³/mol. The summed E-state index contributed by atoms with van der Waals surface area (Å²) in [7, 11) is -4.12. The van der Waals surface area contributed by atoms with Gasteiger partial charge in [-0.3, -0.25) is 9.59 Å². The topological polar surface area (TPSA) is 71.5 Å². The summed E-state index contributed by atoms with van der Waals surface area (Å²) in [5.41, 5.74) is 1.20. The Labute approximate surface area is 147 Å². The van der Waals surface area contributed by atoms with Gasteiger partial charge in [-0.15, -0.1) is 0 Å². The van der Waals surface area contributed by atoms with E-state index < -0.39 is 15.9 Å². The van der Waals surface area contributed by atoms with Gasteiger partial charge >= 0.3 is 0 Å². The SMILES string of the molecule is C=C(C)C(=O)N(c1ccc(C(C)=O)cc1)S(=O)(=O)c1ccccc1C. The monoisotopic (exact) mass is 357 g/mol. The molecule has 0 radical (unpaired) electrons. The van der Waals surface area contributed by atoms with Gasteiger partial charge in [0.2, 0.25) is 0 Å². The number of carbonyl (C=O) groups is 2. The van der Waals surface area contributed by atoms with E-state index in [1.807, 2.05) is 0 Å². The molecule has 0 heterocycles. The van der Waals surface area contributed by atoms with Crippen molar-refractivity contribution in [2.24, 2.45) is 0 Å². The van der Waals surface area contributed by atoms with E-state index in [2.05, 4.69) is 6.58 Å². The Bertz CT molecular complexity index is 944. The molecule has 0 spiro atoms. The van der Waals surface area contributed by atoms with E-state index in [1.54, 1.807) is 25.1 Å². The number of hydrogen-bond acceptors (Lipinski definition) is 4. The molecule has 2 aromatic rings. The third-order valence-corrected chi connectivity index (χ3v) is 5.54. The van der Waals surface area contributed by atoms with Crippen LogP contribution in [-0.4, -0.2) is 20.1 Å². The molecule has 0 unspecified atom stereocenters. The summed E-state index contributed by atoms with van der Waals surface area (Å²) < 4.78 is 27.0. The first-order chi connectivity index (χ1) is 11.7. The second-order valence-electron chi connectivity index (χ2n) is 5.72. The van der Waals surface area contributed by atoms with Crippen molar-refractivity contribution in [3.8, 4) is 0 Å². The number of rotatable bonds is 5. The highest BCUT2D eigenvalue weighted by atomic mass is 32.2. The van der Waals surface area contributed by atoms with Crippen LogP contribution in [0.1, 0.15) is 29.8 Å². The van der Waals surface area contributed by atoms with E-state index >= 15 is 0 Å². The van der Waals surface area contributed by atoms with E-state index in [4.69, 9.17) is 0 Å². The van der Waals surface area contributed by atoms with Crippen molar-refractivity contribution in [2.75, 3.05) is 4.31 Å². The Kier molecular flexibility index (Phi) is 5.23. The Morgan fingerprint density at radius 1 is 0.960 bits per heavy atom. The fourth-order valence-electron chi connectivity index (χ4n) is 2.31. The summed E-state index contributed by atoms with van der Waals surface area (Å²) in [6.45, 7) is 8.09. The third kappa shape index (κ3) is 3.69. The fraction of sp³-hybridized carbons (Fsp3) is 0.158. The lowest BCUT2D eigenvalue weighted by atomic mass is 10.1. The first-order valence-electron chi connectivity index (χ1n) is 7.58. The average molecular weight is 357 g/mol. The second kappa shape index (κ2) is 7.03. The molecular formula is C19H19NO4S. The standard InChI is InChI=1S/C19H19NO4S/c1-13(2)19(22)20(17-11-9-16(10-12-17)15(4)21)25(23,24)18-8-6-5-7-14(18)3/h5-12H,1H2,2-4H3. The van der Waals surface area contributed by atoms with Crippen LogP contribution in [0.4, 0.5) is 5.69 Å². The molecule has 130 valence electrons. The smallest absolute Gasteiger partial charge is 0.271 e. The molecule has 0 saturated carbocycles. The molecule has 0 aliphatic rings. The van der Waals surface area contributed by atoms with Crippen molar-refractivity contribution in [2.45, 2.75) is 25.7 Å². The molecule has 0 N–H and O–H groups in total. The van der Waals surface area contributed by atoms with Gasteiger partial charge in [0.25, 0.3) is 15.9 Å². The third-order valence-electron chi connectivity index (χ3n) is 3.67. The van der Waals surface area contributed by atoms with E-state index in [0.29, 0.717) is 11.1 Å². The summed E-state index contributed by atoms with van der Waals surface area (Å²) in [4.78, 5) is 24.0. The van der Waals surface area contributed by atoms with Gasteiger partial charge in [-0.05, 0) is 56.7 Å². The number of ketones is 1. The number of amides is 1. The Balaban J connectivity index is 2.65. The number of carbonyl (C=O) groups excluding carboxylic acids is 2. The molecule has 5 nitrogen and oxygen atoms in total. The van der Waals surface area contributed by atoms with Crippen LogP contribution >= 0.6 is 0 Å². The minimum Gasteiger partial charge on any atom is -0.295 e. The first kappa shape index (κ1) is 18.6. The van der Waals surface area contributed by atoms with E-state index in [9.17, 15) is 18.0 Å². The van der Waals surface area contributed by atoms with Crippen molar-refractivity contribution in [1.82, 2.24) is 0 Å². The molecule has 1 amide bonds. The zero-order chi connectivity index (χ0) is 18.8. The van der Waals surface area contributed by atoms with E-state index in [1.165, 1.54) is 44.2 Å². The second-order valence-corrected chi connectivity index (χ2v) is 7.48. The molecule has 6 heteroatoms. The number of anilines is 1. The van der Waals surface area contributed by atoms with Crippen molar-refractivity contribution in [3.05, 3.63) is 71.8 Å². The molecule has 25 heavy (non-hydrogen) atoms. The summed E-state index contributed by atoms with van der Waals surface area (Å²) in [5.74, 6) is -0.870. The molecule has 0 atom stereocenters. The van der Waals surface area contributed by atoms with Crippen LogP contribution in [0.3, 0.4) is 0 Å². The van der Waals surface area contributed by atoms with Gasteiger partial charge in [0.05, 0.1) is 10.6 Å². The summed E-state index contributed by atoms with van der Waals surface area (Å²) in [6, 6.07) is 12.3. The molecule has 0 saturated heterocycles. The lowest BCUT2D eigenvalue weighted by molar-refractivity contribution is -0.113. The van der Waals surface area contributed by atoms with Gasteiger partial charge in [0.15, 0.2) is 5.78 Å². The van der Waals surface area contributed by atoms with Crippen molar-refractivity contribution in [1.29, 1.82) is 0 Å². The molecular weight excluding hydrogens is 338 g/mol. The van der Waals surface area contributed by atoms with Gasteiger partial charge in [-0.1, -0.05) is 24.8 Å². The molecule has 2 rings (SSSR count). The number of sulfonamides is 1. The number of aryl methyl sites for hydroxylation is 1. The van der Waals surface area contributed by atoms with Crippen LogP contribution in [-0.2, 0) is 14.8 Å². The van der Waals surface area contributed by atoms with Crippen LogP contribution in [0.2, 0.25) is 0 Å². The summed E-state index contributed by atoms with van der Waals surface area (Å²) in [5, 5.41) is 0. The van der Waals surface area contributed by atoms with Crippen LogP contribution in [0.5, 0.6) is 0 Å². The summed E-state index contributed by atoms with van der Waals surface area (Å²) in [6.07, 6.45) is 0. The lowest BCUT2D eigenvalue weighted by Gasteiger charge is -2.23. The minimum atomic E-state index is -4.12. The van der Waals surface area contributed by atoms with Crippen molar-refractivity contribution in [3.63, 3.8) is 0 Å². The van der Waals surface area contributed by atoms with Crippen LogP contribution in [0.25, 0.3) is 0 Å². The highest BCUT2D eigenvalue weighted by Gasteiger charge is 2.32. The highest BCUT2D eigenvalue weighted by Crippen LogP contribution is 2.27. The van der Waals surface area contributed by atoms with Gasteiger partial charge in [0.1, 0.15) is 0 Å². The molecule has 0 fully saturated rings. The zero-order valence-corrected chi connectivity index (χ0v) is 15.1. The molecule has 2 aromatic carbocycles. The Morgan fingerprint density at radius 3 is 2.00 bits per heavy atom. The maximum Gasteiger partial charge on any atom is 0.271 e. The largest absolute Gasteiger partial charge is 0.295 e. The summed E-state index contributed by atoms with van der Waals surface area (Å²) >= 11 is 0. The maximum atomic E-state index is 13.1. The average Bonchev–Trinajstić information content (AvgIpc) is 2.55. The molecule has 0 aliphatic heterocycles. The van der Waals surface area contributed by atoms with Crippen molar-refractivity contribution < 1.29 is 18.0 Å². The number of benzene rings is 2. The van der Waals surface area contributed by atoms with Crippen LogP contribution in [0.15, 0.2) is 65.6 Å². The molecule has 0 bridgehead atoms.